The van der Waals surface area contributed by atoms with Gasteiger partial charge in [-0.1, -0.05) is 0 Å². The van der Waals surface area contributed by atoms with Crippen LogP contribution in [0.3, 0.4) is 0 Å². The summed E-state index contributed by atoms with van der Waals surface area (Å²) in [6, 6.07) is 15.5. The maximum absolute atomic E-state index is 12.5. The van der Waals surface area contributed by atoms with Crippen molar-refractivity contribution >= 4 is 29.7 Å². The molecule has 2 rings (SSSR count). The van der Waals surface area contributed by atoms with Crippen LogP contribution in [-0.4, -0.2) is 42.6 Å². The lowest BCUT2D eigenvalue weighted by Gasteiger charge is -2.10. The summed E-state index contributed by atoms with van der Waals surface area (Å²) in [7, 11) is 7.99. The molecule has 116 valence electrons. The van der Waals surface area contributed by atoms with Crippen molar-refractivity contribution in [2.75, 3.05) is 28.2 Å². The highest BCUT2D eigenvalue weighted by molar-refractivity contribution is 7.97. The Hall–Kier alpha value is -1.27. The Bertz CT molecular complexity index is 567. The largest absolute Gasteiger partial charge is 0.289 e. The van der Waals surface area contributed by atoms with Gasteiger partial charge in [-0.2, -0.15) is 0 Å². The second-order valence-corrected chi connectivity index (χ2v) is 7.95. The molecule has 0 fully saturated rings. The number of nitrogens with zero attached hydrogens (tertiary/aromatic N) is 2. The maximum atomic E-state index is 12.5. The van der Waals surface area contributed by atoms with Crippen LogP contribution in [0.2, 0.25) is 0 Å². The summed E-state index contributed by atoms with van der Waals surface area (Å²) in [4.78, 5) is 14.7. The predicted molar refractivity (Wildman–Crippen MR) is 95.4 cm³/mol. The molecule has 0 radical (unpaired) electrons. The summed E-state index contributed by atoms with van der Waals surface area (Å²) in [5, 5.41) is 0. The minimum absolute atomic E-state index is 0.0582. The summed E-state index contributed by atoms with van der Waals surface area (Å²) in [6.45, 7) is 0. The van der Waals surface area contributed by atoms with Gasteiger partial charge in [-0.05, 0) is 101 Å². The Kier molecular flexibility index (Phi) is 6.08. The van der Waals surface area contributed by atoms with Crippen molar-refractivity contribution in [3.8, 4) is 0 Å². The van der Waals surface area contributed by atoms with Crippen molar-refractivity contribution in [2.24, 2.45) is 0 Å². The minimum Gasteiger partial charge on any atom is -0.289 e. The standard InChI is InChI=1S/C17H20N2OS2/c1-18(2)21-15-9-5-13(6-10-15)17(20)14-7-11-16(12-8-14)22-19(3)4/h5-12H,1-4H3. The lowest BCUT2D eigenvalue weighted by Crippen LogP contribution is -2.02. The number of rotatable bonds is 6. The van der Waals surface area contributed by atoms with Crippen LogP contribution in [0.1, 0.15) is 15.9 Å². The van der Waals surface area contributed by atoms with Gasteiger partial charge in [-0.25, -0.2) is 0 Å². The van der Waals surface area contributed by atoms with Crippen LogP contribution in [0.4, 0.5) is 0 Å². The highest BCUT2D eigenvalue weighted by atomic mass is 32.2. The molecule has 0 N–H and O–H groups in total. The normalized spacial score (nSPS) is 11.2. The molecule has 22 heavy (non-hydrogen) atoms. The van der Waals surface area contributed by atoms with Gasteiger partial charge in [0.05, 0.1) is 0 Å². The summed E-state index contributed by atoms with van der Waals surface area (Å²) in [6.07, 6.45) is 0. The Morgan fingerprint density at radius 3 is 1.27 bits per heavy atom. The third kappa shape index (κ3) is 4.88. The first kappa shape index (κ1) is 17.1. The fourth-order valence-electron chi connectivity index (χ4n) is 1.92. The first-order valence-corrected chi connectivity index (χ1v) is 8.46. The molecule has 3 nitrogen and oxygen atoms in total. The summed E-state index contributed by atoms with van der Waals surface area (Å²) in [5.74, 6) is 0.0582. The second kappa shape index (κ2) is 7.83. The van der Waals surface area contributed by atoms with Gasteiger partial charge in [0, 0.05) is 20.9 Å². The predicted octanol–water partition coefficient (Wildman–Crippen LogP) is 4.06. The molecule has 5 heteroatoms. The molecule has 0 saturated carbocycles. The lowest BCUT2D eigenvalue weighted by molar-refractivity contribution is 0.103. The first-order chi connectivity index (χ1) is 10.5. The molecular formula is C17H20N2OS2. The topological polar surface area (TPSA) is 23.6 Å². The molecule has 2 aromatic carbocycles. The van der Waals surface area contributed by atoms with Gasteiger partial charge in [-0.15, -0.1) is 0 Å². The third-order valence-electron chi connectivity index (χ3n) is 2.81. The van der Waals surface area contributed by atoms with E-state index >= 15 is 0 Å². The average molecular weight is 332 g/mol. The van der Waals surface area contributed by atoms with E-state index in [2.05, 4.69) is 0 Å². The smallest absolute Gasteiger partial charge is 0.193 e. The molecule has 0 aliphatic rings. The summed E-state index contributed by atoms with van der Waals surface area (Å²) < 4.78 is 4.05. The Labute approximate surface area is 141 Å². The zero-order chi connectivity index (χ0) is 16.1. The van der Waals surface area contributed by atoms with Gasteiger partial charge in [0.2, 0.25) is 0 Å². The van der Waals surface area contributed by atoms with E-state index in [0.717, 1.165) is 20.9 Å². The van der Waals surface area contributed by atoms with E-state index in [9.17, 15) is 4.79 Å². The molecule has 0 saturated heterocycles. The highest BCUT2D eigenvalue weighted by Crippen LogP contribution is 2.23. The van der Waals surface area contributed by atoms with Crippen LogP contribution >= 0.6 is 23.9 Å². The fourth-order valence-corrected chi connectivity index (χ4v) is 3.28. The van der Waals surface area contributed by atoms with E-state index in [-0.39, 0.29) is 5.78 Å². The SMILES string of the molecule is CN(C)Sc1ccc(C(=O)c2ccc(SN(C)C)cc2)cc1. The Balaban J connectivity index is 2.10. The van der Waals surface area contributed by atoms with Gasteiger partial charge in [0.1, 0.15) is 0 Å². The quantitative estimate of drug-likeness (QED) is 0.586. The number of ketones is 1. The van der Waals surface area contributed by atoms with Crippen molar-refractivity contribution in [1.29, 1.82) is 0 Å². The van der Waals surface area contributed by atoms with Crippen LogP contribution in [0, 0.1) is 0 Å². The molecule has 0 amide bonds. The highest BCUT2D eigenvalue weighted by Gasteiger charge is 2.09. The molecule has 0 aromatic heterocycles. The van der Waals surface area contributed by atoms with E-state index in [1.807, 2.05) is 85.3 Å². The molecule has 0 spiro atoms. The van der Waals surface area contributed by atoms with Crippen molar-refractivity contribution in [3.05, 3.63) is 59.7 Å². The second-order valence-electron chi connectivity index (χ2n) is 5.19. The number of hydrogen-bond donors (Lipinski definition) is 0. The Morgan fingerprint density at radius 1 is 0.682 bits per heavy atom. The van der Waals surface area contributed by atoms with Gasteiger partial charge >= 0.3 is 0 Å². The first-order valence-electron chi connectivity index (χ1n) is 6.91. The zero-order valence-electron chi connectivity index (χ0n) is 13.2. The average Bonchev–Trinajstić information content (AvgIpc) is 2.47. The van der Waals surface area contributed by atoms with E-state index in [1.165, 1.54) is 0 Å². The van der Waals surface area contributed by atoms with Gasteiger partial charge in [0.25, 0.3) is 0 Å². The third-order valence-corrected chi connectivity index (χ3v) is 4.51. The number of carbonyl (C=O) groups excluding carboxylic acids is 1. The van der Waals surface area contributed by atoms with Crippen LogP contribution < -0.4 is 0 Å². The van der Waals surface area contributed by atoms with E-state index in [0.29, 0.717) is 0 Å². The van der Waals surface area contributed by atoms with Crippen LogP contribution in [0.25, 0.3) is 0 Å². The van der Waals surface area contributed by atoms with Crippen molar-refractivity contribution in [2.45, 2.75) is 9.79 Å². The van der Waals surface area contributed by atoms with Crippen molar-refractivity contribution < 1.29 is 4.79 Å². The van der Waals surface area contributed by atoms with Crippen LogP contribution in [0.15, 0.2) is 58.3 Å². The zero-order valence-corrected chi connectivity index (χ0v) is 14.9. The molecule has 0 aliphatic carbocycles. The fraction of sp³-hybridized carbons (Fsp3) is 0.235. The van der Waals surface area contributed by atoms with Gasteiger partial charge in [0.15, 0.2) is 5.78 Å². The van der Waals surface area contributed by atoms with Crippen LogP contribution in [0.5, 0.6) is 0 Å². The molecular weight excluding hydrogens is 312 g/mol. The van der Waals surface area contributed by atoms with E-state index in [4.69, 9.17) is 0 Å². The van der Waals surface area contributed by atoms with Crippen molar-refractivity contribution in [3.63, 3.8) is 0 Å². The van der Waals surface area contributed by atoms with Crippen LogP contribution in [-0.2, 0) is 0 Å². The maximum Gasteiger partial charge on any atom is 0.193 e. The molecule has 0 heterocycles. The molecule has 0 atom stereocenters. The van der Waals surface area contributed by atoms with Gasteiger partial charge < -0.3 is 0 Å². The Morgan fingerprint density at radius 2 is 1.00 bits per heavy atom. The van der Waals surface area contributed by atoms with E-state index < -0.39 is 0 Å². The molecule has 2 aromatic rings. The molecule has 0 aliphatic heterocycles. The van der Waals surface area contributed by atoms with E-state index in [1.54, 1.807) is 23.9 Å². The molecule has 0 bridgehead atoms. The van der Waals surface area contributed by atoms with Crippen molar-refractivity contribution in [1.82, 2.24) is 8.61 Å². The monoisotopic (exact) mass is 332 g/mol. The number of benzene rings is 2. The summed E-state index contributed by atoms with van der Waals surface area (Å²) >= 11 is 3.27. The lowest BCUT2D eigenvalue weighted by atomic mass is 10.0. The number of carbonyl (C=O) groups is 1. The van der Waals surface area contributed by atoms with Gasteiger partial charge in [-0.3, -0.25) is 13.4 Å². The molecule has 0 unspecified atom stereocenters. The summed E-state index contributed by atoms with van der Waals surface area (Å²) in [5.41, 5.74) is 1.44. The number of hydrogen-bond acceptors (Lipinski definition) is 5. The minimum atomic E-state index is 0.0582.